The molecule has 10 heteroatoms. The molecule has 0 bridgehead atoms. The Morgan fingerprint density at radius 2 is 2.06 bits per heavy atom. The molecule has 2 N–H and O–H groups in total. The van der Waals surface area contributed by atoms with E-state index in [1.54, 1.807) is 11.8 Å². The van der Waals surface area contributed by atoms with E-state index >= 15 is 0 Å². The average molecular weight is 462 g/mol. The molecule has 3 rings (SSSR count). The number of nitrogens with zero attached hydrogens (tertiary/aromatic N) is 3. The molecule has 3 aliphatic heterocycles. The van der Waals surface area contributed by atoms with Gasteiger partial charge in [-0.05, 0) is 44.3 Å². The number of ether oxygens (including phenoxy) is 1. The van der Waals surface area contributed by atoms with Crippen LogP contribution >= 0.6 is 0 Å². The molecule has 0 aromatic carbocycles. The number of β-lactam (4-membered cyclic amide) rings is 1. The van der Waals surface area contributed by atoms with Gasteiger partial charge < -0.3 is 29.6 Å². The van der Waals surface area contributed by atoms with E-state index in [1.807, 2.05) is 6.08 Å². The molecular weight excluding hydrogens is 430 g/mol. The highest BCUT2D eigenvalue weighted by Crippen LogP contribution is 2.45. The smallest absolute Gasteiger partial charge is 0.410 e. The summed E-state index contributed by atoms with van der Waals surface area (Å²) in [6.45, 7) is 7.25. The zero-order chi connectivity index (χ0) is 24.4. The van der Waals surface area contributed by atoms with E-state index in [2.05, 4.69) is 6.58 Å². The van der Waals surface area contributed by atoms with Crippen molar-refractivity contribution in [2.24, 2.45) is 5.92 Å². The molecule has 0 aromatic rings. The van der Waals surface area contributed by atoms with Gasteiger partial charge in [0.25, 0.3) is 0 Å². The van der Waals surface area contributed by atoms with Crippen molar-refractivity contribution in [3.8, 4) is 0 Å². The second-order valence-corrected chi connectivity index (χ2v) is 8.75. The van der Waals surface area contributed by atoms with Gasteiger partial charge in [0.2, 0.25) is 11.8 Å². The number of hydrogen-bond acceptors (Lipinski definition) is 6. The molecule has 2 fully saturated rings. The molecular formula is C23H31N3O7. The van der Waals surface area contributed by atoms with Gasteiger partial charge in [0.05, 0.1) is 24.1 Å². The first-order valence-corrected chi connectivity index (χ1v) is 11.0. The van der Waals surface area contributed by atoms with Crippen LogP contribution < -0.4 is 0 Å². The standard InChI is InChI=1S/C23H31N3O7/c1-5-9-33-23(32)24(4)12-18(28)25-8-6-7-15(25)10-13(2)16-11-17-19(14(3)27)21(29)26(17)20(16)22(30)31/h5,10,14-15,17,19,27H,1,6-9,11-12H2,2-4H3,(H,30,31)/t14-,15+,17-,19-/m1/s1. The summed E-state index contributed by atoms with van der Waals surface area (Å²) in [4.78, 5) is 53.3. The number of likely N-dealkylation sites (tertiary alicyclic amines) is 1. The van der Waals surface area contributed by atoms with Crippen molar-refractivity contribution in [1.29, 1.82) is 0 Å². The molecule has 0 aromatic heterocycles. The summed E-state index contributed by atoms with van der Waals surface area (Å²) < 4.78 is 4.94. The minimum Gasteiger partial charge on any atom is -0.477 e. The van der Waals surface area contributed by atoms with Crippen molar-refractivity contribution in [3.05, 3.63) is 35.6 Å². The largest absolute Gasteiger partial charge is 0.477 e. The number of allylic oxidation sites excluding steroid dienone is 1. The van der Waals surface area contributed by atoms with E-state index in [0.29, 0.717) is 30.5 Å². The maximum atomic E-state index is 12.8. The number of carboxylic acid groups (broad SMARTS) is 1. The first kappa shape index (κ1) is 24.5. The molecule has 180 valence electrons. The molecule has 4 atom stereocenters. The lowest BCUT2D eigenvalue weighted by atomic mass is 9.82. The number of aliphatic carboxylic acids is 1. The molecule has 0 radical (unpaired) electrons. The number of hydrogen-bond donors (Lipinski definition) is 2. The second-order valence-electron chi connectivity index (χ2n) is 8.75. The zero-order valence-corrected chi connectivity index (χ0v) is 19.2. The molecule has 0 saturated carbocycles. The van der Waals surface area contributed by atoms with Crippen molar-refractivity contribution in [2.45, 2.75) is 51.3 Å². The van der Waals surface area contributed by atoms with E-state index in [9.17, 15) is 29.4 Å². The minimum atomic E-state index is -1.18. The van der Waals surface area contributed by atoms with Crippen LogP contribution in [0.1, 0.15) is 33.1 Å². The number of carbonyl (C=O) groups excluding carboxylic acids is 3. The fourth-order valence-electron chi connectivity index (χ4n) is 4.88. The van der Waals surface area contributed by atoms with E-state index in [1.165, 1.54) is 29.8 Å². The lowest BCUT2D eigenvalue weighted by molar-refractivity contribution is -0.161. The highest BCUT2D eigenvalue weighted by molar-refractivity contribution is 6.00. The third-order valence-electron chi connectivity index (χ3n) is 6.48. The molecule has 0 spiro atoms. The van der Waals surface area contributed by atoms with E-state index < -0.39 is 24.1 Å². The summed E-state index contributed by atoms with van der Waals surface area (Å²) in [6.07, 6.45) is 3.70. The maximum Gasteiger partial charge on any atom is 0.410 e. The van der Waals surface area contributed by atoms with Gasteiger partial charge in [-0.15, -0.1) is 0 Å². The predicted molar refractivity (Wildman–Crippen MR) is 118 cm³/mol. The number of amides is 3. The molecule has 3 heterocycles. The van der Waals surface area contributed by atoms with Crippen LogP contribution in [0.2, 0.25) is 0 Å². The lowest BCUT2D eigenvalue weighted by Gasteiger charge is -2.44. The zero-order valence-electron chi connectivity index (χ0n) is 19.2. The number of rotatable bonds is 8. The predicted octanol–water partition coefficient (Wildman–Crippen LogP) is 1.13. The minimum absolute atomic E-state index is 0.0452. The average Bonchev–Trinajstić information content (AvgIpc) is 3.34. The van der Waals surface area contributed by atoms with Gasteiger partial charge in [-0.2, -0.15) is 0 Å². The maximum absolute atomic E-state index is 12.8. The fraction of sp³-hybridized carbons (Fsp3) is 0.565. The SMILES string of the molecule is C=CCOC(=O)N(C)CC(=O)N1CCC[C@H]1C=C(C)C1=C(C(=O)O)N2C(=O)[C@H]([C@@H](C)O)[C@H]2C1. The number of carboxylic acids is 1. The van der Waals surface area contributed by atoms with Crippen LogP contribution in [-0.4, -0.2) is 93.7 Å². The second kappa shape index (κ2) is 9.78. The van der Waals surface area contributed by atoms with Gasteiger partial charge in [-0.3, -0.25) is 9.59 Å². The van der Waals surface area contributed by atoms with Crippen molar-refractivity contribution in [1.82, 2.24) is 14.7 Å². The number of fused-ring (bicyclic) bond motifs is 1. The van der Waals surface area contributed by atoms with Gasteiger partial charge in [-0.25, -0.2) is 9.59 Å². The molecule has 3 amide bonds. The topological polar surface area (TPSA) is 128 Å². The van der Waals surface area contributed by atoms with E-state index in [-0.39, 0.29) is 42.7 Å². The highest BCUT2D eigenvalue weighted by Gasteiger charge is 2.56. The summed E-state index contributed by atoms with van der Waals surface area (Å²) >= 11 is 0. The van der Waals surface area contributed by atoms with Gasteiger partial charge in [0.15, 0.2) is 0 Å². The van der Waals surface area contributed by atoms with Crippen LogP contribution in [0, 0.1) is 5.92 Å². The molecule has 0 aliphatic carbocycles. The Bertz CT molecular complexity index is 923. The molecule has 3 aliphatic rings. The Labute approximate surface area is 192 Å². The molecule has 10 nitrogen and oxygen atoms in total. The Kier molecular flexibility index (Phi) is 7.26. The van der Waals surface area contributed by atoms with Crippen LogP contribution in [0.5, 0.6) is 0 Å². The van der Waals surface area contributed by atoms with Gasteiger partial charge in [-0.1, -0.05) is 18.7 Å². The summed E-state index contributed by atoms with van der Waals surface area (Å²) in [5.41, 5.74) is 1.20. The first-order valence-electron chi connectivity index (χ1n) is 11.0. The number of aliphatic hydroxyl groups is 1. The summed E-state index contributed by atoms with van der Waals surface area (Å²) in [5.74, 6) is -2.40. The quantitative estimate of drug-likeness (QED) is 0.410. The van der Waals surface area contributed by atoms with Crippen LogP contribution in [0.3, 0.4) is 0 Å². The summed E-state index contributed by atoms with van der Waals surface area (Å²) in [6, 6.07) is -0.604. The van der Waals surface area contributed by atoms with Crippen LogP contribution in [0.15, 0.2) is 35.6 Å². The molecule has 2 saturated heterocycles. The van der Waals surface area contributed by atoms with E-state index in [4.69, 9.17) is 4.74 Å². The van der Waals surface area contributed by atoms with Crippen molar-refractivity contribution >= 4 is 23.9 Å². The van der Waals surface area contributed by atoms with E-state index in [0.717, 1.165) is 6.42 Å². The van der Waals surface area contributed by atoms with Crippen LogP contribution in [-0.2, 0) is 19.1 Å². The normalized spacial score (nSPS) is 25.5. The third kappa shape index (κ3) is 4.66. The monoisotopic (exact) mass is 461 g/mol. The molecule has 33 heavy (non-hydrogen) atoms. The first-order chi connectivity index (χ1) is 15.6. The fourth-order valence-corrected chi connectivity index (χ4v) is 4.88. The number of aliphatic hydroxyl groups excluding tert-OH is 1. The van der Waals surface area contributed by atoms with Crippen LogP contribution in [0.4, 0.5) is 4.79 Å². The van der Waals surface area contributed by atoms with Gasteiger partial charge >= 0.3 is 12.1 Å². The van der Waals surface area contributed by atoms with Crippen molar-refractivity contribution < 1.29 is 34.1 Å². The summed E-state index contributed by atoms with van der Waals surface area (Å²) in [5, 5.41) is 19.7. The number of carbonyl (C=O) groups is 4. The van der Waals surface area contributed by atoms with Crippen molar-refractivity contribution in [2.75, 3.05) is 26.7 Å². The number of likely N-dealkylation sites (N-methyl/N-ethyl adjacent to an activating group) is 1. The van der Waals surface area contributed by atoms with Gasteiger partial charge in [0, 0.05) is 13.6 Å². The summed E-state index contributed by atoms with van der Waals surface area (Å²) in [7, 11) is 1.48. The van der Waals surface area contributed by atoms with Crippen LogP contribution in [0.25, 0.3) is 0 Å². The lowest BCUT2D eigenvalue weighted by Crippen LogP contribution is -2.61. The van der Waals surface area contributed by atoms with Gasteiger partial charge in [0.1, 0.15) is 18.8 Å². The van der Waals surface area contributed by atoms with Crippen molar-refractivity contribution in [3.63, 3.8) is 0 Å². The Balaban J connectivity index is 1.75. The molecule has 0 unspecified atom stereocenters. The third-order valence-corrected chi connectivity index (χ3v) is 6.48. The Hall–Kier alpha value is -3.14. The Morgan fingerprint density at radius 1 is 1.36 bits per heavy atom. The highest BCUT2D eigenvalue weighted by atomic mass is 16.6. The Morgan fingerprint density at radius 3 is 2.67 bits per heavy atom.